The van der Waals surface area contributed by atoms with Crippen LogP contribution in [0.15, 0.2) is 12.3 Å². The Morgan fingerprint density at radius 3 is 2.94 bits per heavy atom. The lowest BCUT2D eigenvalue weighted by Crippen LogP contribution is -1.97. The molecule has 2 aromatic heterocycles. The van der Waals surface area contributed by atoms with Crippen LogP contribution in [0.2, 0.25) is 0 Å². The highest BCUT2D eigenvalue weighted by Gasteiger charge is 2.15. The van der Waals surface area contributed by atoms with E-state index in [0.29, 0.717) is 33.6 Å². The van der Waals surface area contributed by atoms with Crippen molar-refractivity contribution in [3.63, 3.8) is 0 Å². The molecule has 2 heterocycles. The Morgan fingerprint density at radius 2 is 2.33 bits per heavy atom. The second-order valence-electron chi connectivity index (χ2n) is 3.53. The predicted molar refractivity (Wildman–Crippen MR) is 66.6 cm³/mol. The van der Waals surface area contributed by atoms with Crippen molar-refractivity contribution >= 4 is 17.6 Å². The lowest BCUT2D eigenvalue weighted by atomic mass is 10.3. The molecule has 0 aliphatic rings. The van der Waals surface area contributed by atoms with Crippen LogP contribution in [-0.4, -0.2) is 22.9 Å². The molecule has 0 atom stereocenters. The molecule has 0 aromatic carbocycles. The fourth-order valence-corrected chi connectivity index (χ4v) is 2.35. The summed E-state index contributed by atoms with van der Waals surface area (Å²) in [7, 11) is 0. The number of carbonyl (C=O) groups excluding carboxylic acids is 1. The van der Waals surface area contributed by atoms with Crippen molar-refractivity contribution < 1.29 is 13.9 Å². The first-order valence-corrected chi connectivity index (χ1v) is 6.18. The molecule has 0 N–H and O–H groups in total. The molecule has 6 heteroatoms. The van der Waals surface area contributed by atoms with E-state index in [-0.39, 0.29) is 0 Å². The van der Waals surface area contributed by atoms with Crippen molar-refractivity contribution in [3.8, 4) is 16.5 Å². The van der Waals surface area contributed by atoms with Gasteiger partial charge in [0, 0.05) is 0 Å². The monoisotopic (exact) mass is 266 g/mol. The van der Waals surface area contributed by atoms with Crippen LogP contribution in [0.4, 0.5) is 4.39 Å². The molecular weight excluding hydrogens is 255 g/mol. The van der Waals surface area contributed by atoms with Crippen molar-refractivity contribution in [2.75, 3.05) is 6.61 Å². The van der Waals surface area contributed by atoms with E-state index in [4.69, 9.17) is 4.74 Å². The number of carbonyl (C=O) groups is 1. The third-order valence-corrected chi connectivity index (χ3v) is 3.38. The first-order chi connectivity index (χ1) is 8.65. The fraction of sp³-hybridized carbons (Fsp3) is 0.250. The van der Waals surface area contributed by atoms with Gasteiger partial charge in [-0.2, -0.15) is 0 Å². The van der Waals surface area contributed by atoms with Crippen LogP contribution in [0.25, 0.3) is 10.6 Å². The number of aromatic nitrogens is 2. The summed E-state index contributed by atoms with van der Waals surface area (Å²) in [4.78, 5) is 19.5. The summed E-state index contributed by atoms with van der Waals surface area (Å²) in [5.41, 5.74) is 1.09. The Labute approximate surface area is 107 Å². The molecule has 2 aromatic rings. The number of aryl methyl sites for hydroxylation is 1. The van der Waals surface area contributed by atoms with Crippen LogP contribution < -0.4 is 4.74 Å². The molecule has 0 saturated heterocycles. The molecule has 0 radical (unpaired) electrons. The second kappa shape index (κ2) is 5.22. The molecule has 4 nitrogen and oxygen atoms in total. The molecule has 2 rings (SSSR count). The number of thiazole rings is 1. The number of rotatable bonds is 4. The number of hydrogen-bond donors (Lipinski definition) is 0. The normalized spacial score (nSPS) is 10.4. The van der Waals surface area contributed by atoms with E-state index in [1.165, 1.54) is 17.4 Å². The molecule has 0 fully saturated rings. The number of hydrogen-bond acceptors (Lipinski definition) is 5. The quantitative estimate of drug-likeness (QED) is 0.798. The lowest BCUT2D eigenvalue weighted by molar-refractivity contribution is 0.112. The highest BCUT2D eigenvalue weighted by atomic mass is 32.1. The second-order valence-corrected chi connectivity index (χ2v) is 4.56. The molecule has 18 heavy (non-hydrogen) atoms. The SMILES string of the molecule is CCOc1ncc(F)cc1-c1nc(C)c(C=O)s1. The van der Waals surface area contributed by atoms with Gasteiger partial charge in [-0.3, -0.25) is 4.79 Å². The van der Waals surface area contributed by atoms with Gasteiger partial charge >= 0.3 is 0 Å². The van der Waals surface area contributed by atoms with Gasteiger partial charge in [-0.15, -0.1) is 11.3 Å². The van der Waals surface area contributed by atoms with Crippen molar-refractivity contribution in [1.82, 2.24) is 9.97 Å². The van der Waals surface area contributed by atoms with Crippen LogP contribution in [0.1, 0.15) is 22.3 Å². The van der Waals surface area contributed by atoms with Crippen molar-refractivity contribution in [3.05, 3.63) is 28.7 Å². The lowest BCUT2D eigenvalue weighted by Gasteiger charge is -2.06. The molecule has 0 unspecified atom stereocenters. The first kappa shape index (κ1) is 12.6. The topological polar surface area (TPSA) is 52.1 Å². The van der Waals surface area contributed by atoms with Gasteiger partial charge in [0.25, 0.3) is 0 Å². The molecule has 0 aliphatic carbocycles. The molecule has 0 saturated carbocycles. The summed E-state index contributed by atoms with van der Waals surface area (Å²) in [6, 6.07) is 1.31. The maximum absolute atomic E-state index is 13.3. The van der Waals surface area contributed by atoms with E-state index >= 15 is 0 Å². The van der Waals surface area contributed by atoms with Crippen LogP contribution >= 0.6 is 11.3 Å². The molecule has 0 amide bonds. The van der Waals surface area contributed by atoms with Crippen LogP contribution in [0.3, 0.4) is 0 Å². The van der Waals surface area contributed by atoms with Gasteiger partial charge < -0.3 is 4.74 Å². The number of halogens is 1. The Morgan fingerprint density at radius 1 is 1.56 bits per heavy atom. The van der Waals surface area contributed by atoms with Gasteiger partial charge in [0.1, 0.15) is 10.8 Å². The average Bonchev–Trinajstić information content (AvgIpc) is 2.73. The summed E-state index contributed by atoms with van der Waals surface area (Å²) < 4.78 is 18.6. The minimum absolute atomic E-state index is 0.324. The third kappa shape index (κ3) is 2.38. The van der Waals surface area contributed by atoms with Crippen molar-refractivity contribution in [2.24, 2.45) is 0 Å². The maximum atomic E-state index is 13.3. The van der Waals surface area contributed by atoms with E-state index in [2.05, 4.69) is 9.97 Å². The largest absolute Gasteiger partial charge is 0.477 e. The van der Waals surface area contributed by atoms with E-state index in [1.54, 1.807) is 6.92 Å². The fourth-order valence-electron chi connectivity index (χ4n) is 1.46. The Kier molecular flexibility index (Phi) is 3.66. The molecule has 0 spiro atoms. The van der Waals surface area contributed by atoms with Crippen LogP contribution in [0, 0.1) is 12.7 Å². The minimum atomic E-state index is -0.464. The highest BCUT2D eigenvalue weighted by Crippen LogP contribution is 2.33. The molecular formula is C12H11FN2O2S. The summed E-state index contributed by atoms with van der Waals surface area (Å²) in [5, 5.41) is 0.532. The van der Waals surface area contributed by atoms with Crippen molar-refractivity contribution in [2.45, 2.75) is 13.8 Å². The van der Waals surface area contributed by atoms with Gasteiger partial charge in [-0.05, 0) is 19.9 Å². The third-order valence-electron chi connectivity index (χ3n) is 2.27. The zero-order chi connectivity index (χ0) is 13.1. The summed E-state index contributed by atoms with van der Waals surface area (Å²) >= 11 is 1.20. The Bertz CT molecular complexity index is 583. The first-order valence-electron chi connectivity index (χ1n) is 5.37. The summed E-state index contributed by atoms with van der Waals surface area (Å²) in [6.07, 6.45) is 1.83. The average molecular weight is 266 g/mol. The summed E-state index contributed by atoms with van der Waals surface area (Å²) in [6.45, 7) is 3.98. The van der Waals surface area contributed by atoms with Crippen molar-refractivity contribution in [1.29, 1.82) is 0 Å². The van der Waals surface area contributed by atoms with Gasteiger partial charge in [-0.25, -0.2) is 14.4 Å². The van der Waals surface area contributed by atoms with E-state index in [1.807, 2.05) is 6.92 Å². The molecule has 0 aliphatic heterocycles. The van der Waals surface area contributed by atoms with Crippen LogP contribution in [-0.2, 0) is 0 Å². The van der Waals surface area contributed by atoms with Gasteiger partial charge in [0.2, 0.25) is 5.88 Å². The van der Waals surface area contributed by atoms with Crippen LogP contribution in [0.5, 0.6) is 5.88 Å². The number of aldehydes is 1. The van der Waals surface area contributed by atoms with E-state index < -0.39 is 5.82 Å². The molecule has 94 valence electrons. The zero-order valence-corrected chi connectivity index (χ0v) is 10.8. The number of nitrogens with zero attached hydrogens (tertiary/aromatic N) is 2. The van der Waals surface area contributed by atoms with Gasteiger partial charge in [0.15, 0.2) is 6.29 Å². The minimum Gasteiger partial charge on any atom is -0.477 e. The predicted octanol–water partition coefficient (Wildman–Crippen LogP) is 2.86. The summed E-state index contributed by atoms with van der Waals surface area (Å²) in [5.74, 6) is -0.140. The Hall–Kier alpha value is -1.82. The number of ether oxygens (including phenoxy) is 1. The molecule has 0 bridgehead atoms. The van der Waals surface area contributed by atoms with Gasteiger partial charge in [0.05, 0.1) is 28.9 Å². The highest BCUT2D eigenvalue weighted by molar-refractivity contribution is 7.16. The Balaban J connectivity index is 2.53. The smallest absolute Gasteiger partial charge is 0.223 e. The van der Waals surface area contributed by atoms with E-state index in [9.17, 15) is 9.18 Å². The zero-order valence-electron chi connectivity index (χ0n) is 9.94. The van der Waals surface area contributed by atoms with Gasteiger partial charge in [-0.1, -0.05) is 0 Å². The standard InChI is InChI=1S/C12H11FN2O2S/c1-3-17-11-9(4-8(13)5-14-11)12-15-7(2)10(6-16)18-12/h4-6H,3H2,1-2H3. The maximum Gasteiger partial charge on any atom is 0.223 e. The van der Waals surface area contributed by atoms with E-state index in [0.717, 1.165) is 12.5 Å². The number of pyridine rings is 1.